The summed E-state index contributed by atoms with van der Waals surface area (Å²) in [5.74, 6) is -1.71. The van der Waals surface area contributed by atoms with Gasteiger partial charge in [0.2, 0.25) is 0 Å². The lowest BCUT2D eigenvalue weighted by Gasteiger charge is -2.16. The van der Waals surface area contributed by atoms with E-state index in [2.05, 4.69) is 21.2 Å². The Hall–Kier alpha value is -2.41. The number of rotatable bonds is 5. The van der Waals surface area contributed by atoms with Crippen LogP contribution in [-0.4, -0.2) is 24.1 Å². The molecule has 0 bridgehead atoms. The van der Waals surface area contributed by atoms with E-state index in [-0.39, 0.29) is 28.6 Å². The predicted molar refractivity (Wildman–Crippen MR) is 85.4 cm³/mol. The number of hydrazone groups is 1. The van der Waals surface area contributed by atoms with Crippen LogP contribution in [0.1, 0.15) is 30.1 Å². The third-order valence-electron chi connectivity index (χ3n) is 3.06. The van der Waals surface area contributed by atoms with Gasteiger partial charge in [0.1, 0.15) is 11.5 Å². The second-order valence-corrected chi connectivity index (χ2v) is 5.25. The molecule has 1 aromatic carbocycles. The first-order valence-electron chi connectivity index (χ1n) is 7.07. The number of benzene rings is 1. The number of nitrogens with zero attached hydrogens (tertiary/aromatic N) is 1. The first-order chi connectivity index (χ1) is 11.0. The van der Waals surface area contributed by atoms with Crippen LogP contribution in [0.3, 0.4) is 0 Å². The number of halogens is 2. The normalized spacial score (nSPS) is 13.5. The summed E-state index contributed by atoms with van der Waals surface area (Å²) < 4.78 is 13.7. The molecular weight excluding hydrogens is 323 g/mol. The lowest BCUT2D eigenvalue weighted by Crippen LogP contribution is -2.37. The van der Waals surface area contributed by atoms with Gasteiger partial charge in [-0.1, -0.05) is 24.6 Å². The molecule has 6 nitrogen and oxygen atoms in total. The fraction of sp³-hybridized carbons (Fsp3) is 0.267. The Morgan fingerprint density at radius 1 is 1.39 bits per heavy atom. The van der Waals surface area contributed by atoms with E-state index in [1.54, 1.807) is 0 Å². The maximum Gasteiger partial charge on any atom is 0.267 e. The van der Waals surface area contributed by atoms with Crippen LogP contribution in [-0.2, 0) is 4.79 Å². The fourth-order valence-corrected chi connectivity index (χ4v) is 2.18. The Morgan fingerprint density at radius 2 is 2.17 bits per heavy atom. The van der Waals surface area contributed by atoms with Crippen LogP contribution in [0.25, 0.3) is 0 Å². The van der Waals surface area contributed by atoms with E-state index in [1.165, 1.54) is 18.3 Å². The van der Waals surface area contributed by atoms with Gasteiger partial charge in [-0.3, -0.25) is 15.0 Å². The van der Waals surface area contributed by atoms with Crippen molar-refractivity contribution >= 4 is 29.1 Å². The van der Waals surface area contributed by atoms with Gasteiger partial charge < -0.3 is 10.6 Å². The minimum Gasteiger partial charge on any atom is -0.351 e. The highest BCUT2D eigenvalue weighted by atomic mass is 35.5. The number of hydrogen-bond acceptors (Lipinski definition) is 4. The molecule has 0 saturated carbocycles. The summed E-state index contributed by atoms with van der Waals surface area (Å²) in [6, 6.07) is 4.00. The molecule has 0 unspecified atom stereocenters. The predicted octanol–water partition coefficient (Wildman–Crippen LogP) is 1.93. The first-order valence-corrected chi connectivity index (χ1v) is 7.45. The van der Waals surface area contributed by atoms with Crippen LogP contribution >= 0.6 is 11.6 Å². The van der Waals surface area contributed by atoms with Gasteiger partial charge in [-0.2, -0.15) is 5.10 Å². The van der Waals surface area contributed by atoms with Crippen molar-refractivity contribution in [3.8, 4) is 0 Å². The molecule has 1 aliphatic rings. The molecule has 122 valence electrons. The molecule has 0 fully saturated rings. The quantitative estimate of drug-likeness (QED) is 0.767. The van der Waals surface area contributed by atoms with Crippen molar-refractivity contribution < 1.29 is 14.0 Å². The third kappa shape index (κ3) is 4.29. The molecule has 2 rings (SSSR count). The molecule has 1 aliphatic heterocycles. The van der Waals surface area contributed by atoms with Crippen molar-refractivity contribution in [2.24, 2.45) is 5.10 Å². The van der Waals surface area contributed by atoms with Gasteiger partial charge in [0, 0.05) is 24.9 Å². The smallest absolute Gasteiger partial charge is 0.267 e. The van der Waals surface area contributed by atoms with Crippen LogP contribution in [0, 0.1) is 5.82 Å². The molecule has 0 aliphatic carbocycles. The lowest BCUT2D eigenvalue weighted by atomic mass is 10.1. The summed E-state index contributed by atoms with van der Waals surface area (Å²) in [5.41, 5.74) is 2.94. The lowest BCUT2D eigenvalue weighted by molar-refractivity contribution is -0.114. The van der Waals surface area contributed by atoms with Crippen molar-refractivity contribution in [2.45, 2.75) is 19.8 Å². The molecule has 2 amide bonds. The van der Waals surface area contributed by atoms with Crippen molar-refractivity contribution in [1.29, 1.82) is 0 Å². The van der Waals surface area contributed by atoms with Crippen LogP contribution in [0.2, 0.25) is 5.02 Å². The largest absolute Gasteiger partial charge is 0.351 e. The number of nitrogens with one attached hydrogen (secondary N) is 3. The molecule has 0 radical (unpaired) electrons. The third-order valence-corrected chi connectivity index (χ3v) is 3.37. The molecular formula is C15H16ClFN4O2. The average molecular weight is 339 g/mol. The number of allylic oxidation sites excluding steroid dienone is 1. The summed E-state index contributed by atoms with van der Waals surface area (Å²) >= 11 is 5.85. The first kappa shape index (κ1) is 17.0. The summed E-state index contributed by atoms with van der Waals surface area (Å²) in [6.07, 6.45) is 2.36. The summed E-state index contributed by atoms with van der Waals surface area (Å²) in [7, 11) is 0. The number of carbonyl (C=O) groups is 2. The SMILES string of the molecule is CCCNC(=O)C1=NNC=C(NC(=O)c2c(F)cccc2Cl)C1. The van der Waals surface area contributed by atoms with Gasteiger partial charge in [0.15, 0.2) is 0 Å². The van der Waals surface area contributed by atoms with E-state index in [1.807, 2.05) is 6.92 Å². The minimum absolute atomic E-state index is 0.0152. The van der Waals surface area contributed by atoms with Crippen molar-refractivity contribution in [2.75, 3.05) is 6.54 Å². The Balaban J connectivity index is 2.03. The molecule has 3 N–H and O–H groups in total. The van der Waals surface area contributed by atoms with Gasteiger partial charge in [-0.15, -0.1) is 0 Å². The van der Waals surface area contributed by atoms with Crippen LogP contribution in [0.4, 0.5) is 4.39 Å². The highest BCUT2D eigenvalue weighted by Crippen LogP contribution is 2.19. The van der Waals surface area contributed by atoms with E-state index in [0.29, 0.717) is 12.2 Å². The van der Waals surface area contributed by atoms with Gasteiger partial charge in [-0.25, -0.2) is 4.39 Å². The second-order valence-electron chi connectivity index (χ2n) is 4.84. The van der Waals surface area contributed by atoms with Gasteiger partial charge >= 0.3 is 0 Å². The van der Waals surface area contributed by atoms with Crippen LogP contribution in [0.5, 0.6) is 0 Å². The van der Waals surface area contributed by atoms with E-state index >= 15 is 0 Å². The van der Waals surface area contributed by atoms with Crippen molar-refractivity contribution in [3.05, 3.63) is 46.5 Å². The van der Waals surface area contributed by atoms with Gasteiger partial charge in [-0.05, 0) is 18.6 Å². The molecule has 1 aromatic rings. The Kier molecular flexibility index (Phi) is 5.70. The number of carbonyl (C=O) groups excluding carboxylic acids is 2. The second kappa shape index (κ2) is 7.73. The van der Waals surface area contributed by atoms with Crippen LogP contribution < -0.4 is 16.1 Å². The van der Waals surface area contributed by atoms with E-state index in [4.69, 9.17) is 11.6 Å². The number of hydrogen-bond donors (Lipinski definition) is 3. The molecule has 0 spiro atoms. The molecule has 0 saturated heterocycles. The summed E-state index contributed by atoms with van der Waals surface area (Å²) in [4.78, 5) is 24.0. The highest BCUT2D eigenvalue weighted by molar-refractivity contribution is 6.39. The van der Waals surface area contributed by atoms with E-state index in [0.717, 1.165) is 12.5 Å². The average Bonchev–Trinajstić information content (AvgIpc) is 2.52. The Bertz CT molecular complexity index is 668. The monoisotopic (exact) mass is 338 g/mol. The number of amides is 2. The van der Waals surface area contributed by atoms with Gasteiger partial charge in [0.25, 0.3) is 11.8 Å². The molecule has 23 heavy (non-hydrogen) atoms. The van der Waals surface area contributed by atoms with E-state index in [9.17, 15) is 14.0 Å². The van der Waals surface area contributed by atoms with Crippen LogP contribution in [0.15, 0.2) is 35.2 Å². The zero-order chi connectivity index (χ0) is 16.8. The molecule has 1 heterocycles. The summed E-state index contributed by atoms with van der Waals surface area (Å²) in [5, 5.41) is 9.12. The minimum atomic E-state index is -0.714. The maximum absolute atomic E-state index is 13.7. The molecule has 8 heteroatoms. The Morgan fingerprint density at radius 3 is 2.87 bits per heavy atom. The molecule has 0 atom stereocenters. The standard InChI is InChI=1S/C15H16ClFN4O2/c1-2-6-18-14(22)12-7-9(8-19-21-12)20-15(23)13-10(16)4-3-5-11(13)17/h3-5,8,19H,2,6-7H2,1H3,(H,18,22)(H,20,23). The zero-order valence-corrected chi connectivity index (χ0v) is 13.2. The summed E-state index contributed by atoms with van der Waals surface area (Å²) in [6.45, 7) is 2.47. The molecule has 0 aromatic heterocycles. The maximum atomic E-state index is 13.7. The Labute approximate surface area is 137 Å². The fourth-order valence-electron chi connectivity index (χ4n) is 1.93. The topological polar surface area (TPSA) is 82.6 Å². The van der Waals surface area contributed by atoms with Crippen molar-refractivity contribution in [3.63, 3.8) is 0 Å². The highest BCUT2D eigenvalue weighted by Gasteiger charge is 2.21. The van der Waals surface area contributed by atoms with E-state index < -0.39 is 11.7 Å². The zero-order valence-electron chi connectivity index (χ0n) is 12.5. The van der Waals surface area contributed by atoms with Crippen molar-refractivity contribution in [1.82, 2.24) is 16.1 Å². The van der Waals surface area contributed by atoms with Gasteiger partial charge in [0.05, 0.1) is 10.6 Å².